The smallest absolute Gasteiger partial charge is 0.269 e. The number of rotatable bonds is 7. The zero-order valence-corrected chi connectivity index (χ0v) is 16.9. The standard InChI is InChI=1S/C17H19N5O4S2/c1-11(28(24,25)26)10-22-7-5-14(21-22)17-20-12(2)15(27-17)16(23)19-9-13-4-3-6-18-8-13/h3-8,11H,9-10H2,1-2H3,(H,19,23)(H,24,25,26). The molecule has 3 aromatic heterocycles. The fourth-order valence-electron chi connectivity index (χ4n) is 2.42. The predicted molar refractivity (Wildman–Crippen MR) is 104 cm³/mol. The van der Waals surface area contributed by atoms with Crippen LogP contribution in [0.1, 0.15) is 27.9 Å². The summed E-state index contributed by atoms with van der Waals surface area (Å²) in [6, 6.07) is 5.36. The fraction of sp³-hybridized carbons (Fsp3) is 0.294. The van der Waals surface area contributed by atoms with Gasteiger partial charge in [-0.3, -0.25) is 19.0 Å². The zero-order valence-electron chi connectivity index (χ0n) is 15.2. The van der Waals surface area contributed by atoms with Crippen LogP contribution in [-0.4, -0.2) is 43.9 Å². The molecule has 2 N–H and O–H groups in total. The van der Waals surface area contributed by atoms with Crippen LogP contribution in [-0.2, 0) is 23.2 Å². The van der Waals surface area contributed by atoms with E-state index in [9.17, 15) is 13.2 Å². The van der Waals surface area contributed by atoms with Gasteiger partial charge in [0.25, 0.3) is 16.0 Å². The van der Waals surface area contributed by atoms with Gasteiger partial charge >= 0.3 is 0 Å². The number of hydrogen-bond donors (Lipinski definition) is 2. The summed E-state index contributed by atoms with van der Waals surface area (Å²) in [5, 5.41) is 6.71. The van der Waals surface area contributed by atoms with Crippen molar-refractivity contribution in [3.63, 3.8) is 0 Å². The summed E-state index contributed by atoms with van der Waals surface area (Å²) < 4.78 is 32.8. The number of hydrogen-bond acceptors (Lipinski definition) is 7. The van der Waals surface area contributed by atoms with Gasteiger partial charge in [-0.25, -0.2) is 4.98 Å². The minimum atomic E-state index is -4.13. The topological polar surface area (TPSA) is 127 Å². The first-order valence-electron chi connectivity index (χ1n) is 8.38. The van der Waals surface area contributed by atoms with Crippen LogP contribution in [0.4, 0.5) is 0 Å². The van der Waals surface area contributed by atoms with Crippen molar-refractivity contribution in [2.45, 2.75) is 32.2 Å². The molecule has 0 saturated carbocycles. The summed E-state index contributed by atoms with van der Waals surface area (Å²) in [4.78, 5) is 21.4. The molecule has 0 aliphatic carbocycles. The molecule has 3 rings (SSSR count). The van der Waals surface area contributed by atoms with Crippen molar-refractivity contribution in [1.82, 2.24) is 25.1 Å². The van der Waals surface area contributed by atoms with E-state index in [1.807, 2.05) is 6.07 Å². The van der Waals surface area contributed by atoms with E-state index < -0.39 is 15.4 Å². The van der Waals surface area contributed by atoms with E-state index in [2.05, 4.69) is 20.4 Å². The highest BCUT2D eigenvalue weighted by atomic mass is 32.2. The number of pyridine rings is 1. The highest BCUT2D eigenvalue weighted by molar-refractivity contribution is 7.86. The number of aromatic nitrogens is 4. The first-order valence-corrected chi connectivity index (χ1v) is 10.7. The summed E-state index contributed by atoms with van der Waals surface area (Å²) in [5.41, 5.74) is 2.01. The van der Waals surface area contributed by atoms with Crippen molar-refractivity contribution in [2.75, 3.05) is 0 Å². The fourth-order valence-corrected chi connectivity index (χ4v) is 3.71. The second-order valence-electron chi connectivity index (χ2n) is 6.23. The monoisotopic (exact) mass is 421 g/mol. The third-order valence-corrected chi connectivity index (χ3v) is 6.34. The van der Waals surface area contributed by atoms with Crippen LogP contribution in [0, 0.1) is 6.92 Å². The van der Waals surface area contributed by atoms with Crippen LogP contribution >= 0.6 is 11.3 Å². The summed E-state index contributed by atoms with van der Waals surface area (Å²) in [5.74, 6) is -0.232. The lowest BCUT2D eigenvalue weighted by Gasteiger charge is -2.07. The summed E-state index contributed by atoms with van der Waals surface area (Å²) in [7, 11) is -4.13. The zero-order chi connectivity index (χ0) is 20.3. The lowest BCUT2D eigenvalue weighted by atomic mass is 10.3. The lowest BCUT2D eigenvalue weighted by Crippen LogP contribution is -2.22. The predicted octanol–water partition coefficient (Wildman–Crippen LogP) is 1.92. The second kappa shape index (κ2) is 8.17. The Balaban J connectivity index is 1.71. The van der Waals surface area contributed by atoms with Gasteiger partial charge in [0.2, 0.25) is 0 Å². The van der Waals surface area contributed by atoms with Gasteiger partial charge in [-0.05, 0) is 31.5 Å². The number of nitrogens with one attached hydrogen (secondary N) is 1. The molecule has 3 heterocycles. The van der Waals surface area contributed by atoms with Crippen LogP contribution in [0.25, 0.3) is 10.7 Å². The molecule has 1 amide bonds. The molecule has 0 fully saturated rings. The Labute approximate surface area is 166 Å². The molecule has 0 aromatic carbocycles. The van der Waals surface area contributed by atoms with Crippen molar-refractivity contribution in [2.24, 2.45) is 0 Å². The Morgan fingerprint density at radius 2 is 2.18 bits per heavy atom. The van der Waals surface area contributed by atoms with Crippen LogP contribution in [0.5, 0.6) is 0 Å². The van der Waals surface area contributed by atoms with Crippen molar-refractivity contribution in [3.05, 3.63) is 52.9 Å². The van der Waals surface area contributed by atoms with Gasteiger partial charge in [-0.1, -0.05) is 6.07 Å². The van der Waals surface area contributed by atoms with Crippen LogP contribution in [0.3, 0.4) is 0 Å². The summed E-state index contributed by atoms with van der Waals surface area (Å²) in [6.07, 6.45) is 4.96. The van der Waals surface area contributed by atoms with Crippen molar-refractivity contribution < 1.29 is 17.8 Å². The van der Waals surface area contributed by atoms with Gasteiger partial charge in [-0.15, -0.1) is 11.3 Å². The van der Waals surface area contributed by atoms with E-state index in [0.29, 0.717) is 27.8 Å². The first-order chi connectivity index (χ1) is 13.2. The minimum absolute atomic E-state index is 0.0155. The Morgan fingerprint density at radius 1 is 1.39 bits per heavy atom. The van der Waals surface area contributed by atoms with E-state index in [0.717, 1.165) is 5.56 Å². The minimum Gasteiger partial charge on any atom is -0.347 e. The van der Waals surface area contributed by atoms with Gasteiger partial charge in [0.1, 0.15) is 20.8 Å². The van der Waals surface area contributed by atoms with E-state index in [4.69, 9.17) is 4.55 Å². The lowest BCUT2D eigenvalue weighted by molar-refractivity contribution is 0.0954. The maximum absolute atomic E-state index is 12.5. The van der Waals surface area contributed by atoms with Gasteiger partial charge in [0.15, 0.2) is 0 Å². The van der Waals surface area contributed by atoms with E-state index in [1.54, 1.807) is 37.6 Å². The van der Waals surface area contributed by atoms with Gasteiger partial charge in [0, 0.05) is 25.1 Å². The molecule has 28 heavy (non-hydrogen) atoms. The van der Waals surface area contributed by atoms with Crippen LogP contribution < -0.4 is 5.32 Å². The average molecular weight is 422 g/mol. The van der Waals surface area contributed by atoms with E-state index in [1.165, 1.54) is 22.9 Å². The first kappa shape index (κ1) is 20.1. The third kappa shape index (κ3) is 4.80. The van der Waals surface area contributed by atoms with Crippen LogP contribution in [0.2, 0.25) is 0 Å². The van der Waals surface area contributed by atoms with Crippen molar-refractivity contribution in [3.8, 4) is 10.7 Å². The molecule has 0 bridgehead atoms. The van der Waals surface area contributed by atoms with Gasteiger partial charge in [0.05, 0.1) is 12.2 Å². The molecule has 148 valence electrons. The highest BCUT2D eigenvalue weighted by Gasteiger charge is 2.20. The number of carbonyl (C=O) groups excluding carboxylic acids is 1. The van der Waals surface area contributed by atoms with Crippen molar-refractivity contribution >= 4 is 27.4 Å². The Morgan fingerprint density at radius 3 is 2.86 bits per heavy atom. The SMILES string of the molecule is Cc1nc(-c2ccn(CC(C)S(=O)(=O)O)n2)sc1C(=O)NCc1cccnc1. The molecule has 0 radical (unpaired) electrons. The number of thiazole rings is 1. The number of carbonyl (C=O) groups is 1. The molecule has 0 spiro atoms. The Bertz CT molecular complexity index is 1080. The molecule has 9 nitrogen and oxygen atoms in total. The molecule has 1 unspecified atom stereocenters. The van der Waals surface area contributed by atoms with Crippen LogP contribution in [0.15, 0.2) is 36.8 Å². The maximum Gasteiger partial charge on any atom is 0.269 e. The molecule has 11 heteroatoms. The molecular weight excluding hydrogens is 402 g/mol. The van der Waals surface area contributed by atoms with Gasteiger partial charge < -0.3 is 5.32 Å². The third-order valence-electron chi connectivity index (χ3n) is 3.99. The molecule has 3 aromatic rings. The van der Waals surface area contributed by atoms with Crippen molar-refractivity contribution in [1.29, 1.82) is 0 Å². The second-order valence-corrected chi connectivity index (χ2v) is 9.06. The average Bonchev–Trinajstić information content (AvgIpc) is 3.26. The van der Waals surface area contributed by atoms with Gasteiger partial charge in [-0.2, -0.15) is 13.5 Å². The Kier molecular flexibility index (Phi) is 5.87. The molecule has 0 aliphatic heterocycles. The van der Waals surface area contributed by atoms with E-state index in [-0.39, 0.29) is 12.5 Å². The Hall–Kier alpha value is -2.63. The maximum atomic E-state index is 12.5. The number of aryl methyl sites for hydroxylation is 1. The molecule has 0 aliphatic rings. The summed E-state index contributed by atoms with van der Waals surface area (Å²) in [6.45, 7) is 3.52. The molecule has 1 atom stereocenters. The number of nitrogens with zero attached hydrogens (tertiary/aromatic N) is 4. The normalized spacial score (nSPS) is 12.7. The highest BCUT2D eigenvalue weighted by Crippen LogP contribution is 2.26. The summed E-state index contributed by atoms with van der Waals surface area (Å²) >= 11 is 1.21. The van der Waals surface area contributed by atoms with E-state index >= 15 is 0 Å². The quantitative estimate of drug-likeness (QED) is 0.558. The molecule has 0 saturated heterocycles. The molecular formula is C17H19N5O4S2. The number of amides is 1. The largest absolute Gasteiger partial charge is 0.347 e.